The van der Waals surface area contributed by atoms with E-state index in [1.165, 1.54) is 30.0 Å². The molecule has 1 heterocycles. The summed E-state index contributed by atoms with van der Waals surface area (Å²) < 4.78 is 20.9. The number of benzene rings is 1. The summed E-state index contributed by atoms with van der Waals surface area (Å²) in [7, 11) is 0. The fourth-order valence-electron chi connectivity index (χ4n) is 2.45. The van der Waals surface area contributed by atoms with Gasteiger partial charge in [0.25, 0.3) is 0 Å². The van der Waals surface area contributed by atoms with Crippen LogP contribution in [0.25, 0.3) is 0 Å². The van der Waals surface area contributed by atoms with Gasteiger partial charge >= 0.3 is 0 Å². The fourth-order valence-corrected chi connectivity index (χ4v) is 3.48. The number of amides is 1. The summed E-state index contributed by atoms with van der Waals surface area (Å²) in [5.74, 6) is 0.886. The Morgan fingerprint density at radius 2 is 2.27 bits per heavy atom. The lowest BCUT2D eigenvalue weighted by Gasteiger charge is -2.16. The smallest absolute Gasteiger partial charge is 0.230 e. The average Bonchev–Trinajstić information content (AvgIpc) is 3.31. The van der Waals surface area contributed by atoms with Crippen molar-refractivity contribution >= 4 is 29.3 Å². The molecule has 2 aromatic rings. The molecule has 0 aliphatic heterocycles. The maximum atomic E-state index is 13.2. The Hall–Kier alpha value is -1.80. The van der Waals surface area contributed by atoms with E-state index in [9.17, 15) is 9.18 Å². The standard InChI is InChI=1S/C17H20ClFN4O2S/c1-3-23-16(10(2)25-14-7-4-11(19)8-13(14)18)21-22-17(23)26-9-15(24)20-12-5-6-12/h4,7-8,10,12H,3,5-6,9H2,1-2H3,(H,20,24). The van der Waals surface area contributed by atoms with E-state index in [-0.39, 0.29) is 10.9 Å². The normalized spacial score (nSPS) is 14.9. The predicted molar refractivity (Wildman–Crippen MR) is 98.0 cm³/mol. The van der Waals surface area contributed by atoms with Gasteiger partial charge in [-0.05, 0) is 44.9 Å². The first kappa shape index (κ1) is 19.0. The van der Waals surface area contributed by atoms with Gasteiger partial charge in [-0.25, -0.2) is 4.39 Å². The highest BCUT2D eigenvalue weighted by Gasteiger charge is 2.24. The largest absolute Gasteiger partial charge is 0.481 e. The number of ether oxygens (including phenoxy) is 1. The number of aromatic nitrogens is 3. The van der Waals surface area contributed by atoms with Crippen molar-refractivity contribution in [2.45, 2.75) is 50.5 Å². The monoisotopic (exact) mass is 398 g/mol. The Bertz CT molecular complexity index is 797. The van der Waals surface area contributed by atoms with E-state index < -0.39 is 11.9 Å². The summed E-state index contributed by atoms with van der Waals surface area (Å²) in [5.41, 5.74) is 0. The highest BCUT2D eigenvalue weighted by molar-refractivity contribution is 7.99. The topological polar surface area (TPSA) is 69.0 Å². The Balaban J connectivity index is 1.66. The van der Waals surface area contributed by atoms with Crippen molar-refractivity contribution in [3.63, 3.8) is 0 Å². The van der Waals surface area contributed by atoms with Crippen LogP contribution >= 0.6 is 23.4 Å². The SMILES string of the molecule is CCn1c(SCC(=O)NC2CC2)nnc1C(C)Oc1ccc(F)cc1Cl. The van der Waals surface area contributed by atoms with Crippen molar-refractivity contribution < 1.29 is 13.9 Å². The molecule has 0 spiro atoms. The van der Waals surface area contributed by atoms with Crippen LogP contribution in [-0.2, 0) is 11.3 Å². The molecule has 0 radical (unpaired) electrons. The minimum Gasteiger partial charge on any atom is -0.481 e. The molecule has 1 unspecified atom stereocenters. The van der Waals surface area contributed by atoms with Crippen molar-refractivity contribution in [2.75, 3.05) is 5.75 Å². The van der Waals surface area contributed by atoms with E-state index in [0.717, 1.165) is 12.8 Å². The van der Waals surface area contributed by atoms with E-state index in [1.807, 2.05) is 18.4 Å². The molecule has 1 atom stereocenters. The van der Waals surface area contributed by atoms with Crippen LogP contribution in [0.4, 0.5) is 4.39 Å². The third kappa shape index (κ3) is 4.67. The van der Waals surface area contributed by atoms with Crippen LogP contribution in [0.3, 0.4) is 0 Å². The predicted octanol–water partition coefficient (Wildman–Crippen LogP) is 3.60. The summed E-state index contributed by atoms with van der Waals surface area (Å²) >= 11 is 7.36. The Kier molecular flexibility index (Phi) is 6.03. The maximum Gasteiger partial charge on any atom is 0.230 e. The van der Waals surface area contributed by atoms with E-state index in [4.69, 9.17) is 16.3 Å². The van der Waals surface area contributed by atoms with Crippen LogP contribution in [0.5, 0.6) is 5.75 Å². The summed E-state index contributed by atoms with van der Waals surface area (Å²) in [6, 6.07) is 4.32. The summed E-state index contributed by atoms with van der Waals surface area (Å²) in [6.45, 7) is 4.43. The van der Waals surface area contributed by atoms with Crippen molar-refractivity contribution in [1.82, 2.24) is 20.1 Å². The molecule has 1 amide bonds. The molecule has 26 heavy (non-hydrogen) atoms. The summed E-state index contributed by atoms with van der Waals surface area (Å²) in [6.07, 6.45) is 1.69. The van der Waals surface area contributed by atoms with Crippen molar-refractivity contribution in [2.24, 2.45) is 0 Å². The van der Waals surface area contributed by atoms with Gasteiger partial charge in [-0.3, -0.25) is 4.79 Å². The minimum absolute atomic E-state index is 0.00657. The zero-order valence-electron chi connectivity index (χ0n) is 14.5. The first-order valence-electron chi connectivity index (χ1n) is 8.45. The van der Waals surface area contributed by atoms with Crippen molar-refractivity contribution in [3.05, 3.63) is 34.9 Å². The number of hydrogen-bond donors (Lipinski definition) is 1. The number of thioether (sulfide) groups is 1. The van der Waals surface area contributed by atoms with E-state index >= 15 is 0 Å². The van der Waals surface area contributed by atoms with Crippen LogP contribution in [0, 0.1) is 5.82 Å². The molecule has 1 aliphatic carbocycles. The van der Waals surface area contributed by atoms with Crippen LogP contribution < -0.4 is 10.1 Å². The van der Waals surface area contributed by atoms with Crippen LogP contribution in [0.15, 0.2) is 23.4 Å². The van der Waals surface area contributed by atoms with Gasteiger partial charge in [-0.2, -0.15) is 0 Å². The molecule has 1 N–H and O–H groups in total. The molecule has 9 heteroatoms. The van der Waals surface area contributed by atoms with E-state index in [1.54, 1.807) is 0 Å². The van der Waals surface area contributed by atoms with Crippen molar-refractivity contribution in [3.8, 4) is 5.75 Å². The number of nitrogens with zero attached hydrogens (tertiary/aromatic N) is 3. The van der Waals surface area contributed by atoms with E-state index in [0.29, 0.717) is 35.1 Å². The lowest BCUT2D eigenvalue weighted by molar-refractivity contribution is -0.118. The van der Waals surface area contributed by atoms with Gasteiger partial charge in [-0.1, -0.05) is 23.4 Å². The zero-order valence-corrected chi connectivity index (χ0v) is 16.1. The molecule has 0 saturated heterocycles. The van der Waals surface area contributed by atoms with Crippen LogP contribution in [0.2, 0.25) is 5.02 Å². The second-order valence-corrected chi connectivity index (χ2v) is 7.40. The summed E-state index contributed by atoms with van der Waals surface area (Å²) in [5, 5.41) is 12.2. The van der Waals surface area contributed by atoms with Gasteiger partial charge < -0.3 is 14.6 Å². The number of carbonyl (C=O) groups is 1. The molecule has 1 saturated carbocycles. The summed E-state index contributed by atoms with van der Waals surface area (Å²) in [4.78, 5) is 11.9. The number of hydrogen-bond acceptors (Lipinski definition) is 5. The van der Waals surface area contributed by atoms with Gasteiger partial charge in [0, 0.05) is 12.6 Å². The fraction of sp³-hybridized carbons (Fsp3) is 0.471. The molecule has 1 aliphatic rings. The molecular formula is C17H20ClFN4O2S. The maximum absolute atomic E-state index is 13.2. The minimum atomic E-state index is -0.431. The van der Waals surface area contributed by atoms with E-state index in [2.05, 4.69) is 15.5 Å². The van der Waals surface area contributed by atoms with Gasteiger partial charge in [0.1, 0.15) is 11.6 Å². The number of rotatable bonds is 8. The first-order valence-corrected chi connectivity index (χ1v) is 9.81. The highest BCUT2D eigenvalue weighted by Crippen LogP contribution is 2.30. The molecule has 1 aromatic carbocycles. The highest BCUT2D eigenvalue weighted by atomic mass is 35.5. The Labute approximate surface area is 160 Å². The molecular weight excluding hydrogens is 379 g/mol. The zero-order chi connectivity index (χ0) is 18.7. The van der Waals surface area contributed by atoms with Gasteiger partial charge in [0.05, 0.1) is 10.8 Å². The lowest BCUT2D eigenvalue weighted by Crippen LogP contribution is -2.27. The second-order valence-electron chi connectivity index (χ2n) is 6.05. The third-order valence-corrected chi connectivity index (χ3v) is 5.16. The number of halogens is 2. The molecule has 140 valence electrons. The first-order chi connectivity index (χ1) is 12.5. The third-order valence-electron chi connectivity index (χ3n) is 3.90. The number of nitrogens with one attached hydrogen (secondary N) is 1. The number of carbonyl (C=O) groups excluding carboxylic acids is 1. The average molecular weight is 399 g/mol. The molecule has 3 rings (SSSR count). The quantitative estimate of drug-likeness (QED) is 0.688. The van der Waals surface area contributed by atoms with Gasteiger partial charge in [0.15, 0.2) is 17.1 Å². The van der Waals surface area contributed by atoms with Crippen LogP contribution in [0.1, 0.15) is 38.6 Å². The lowest BCUT2D eigenvalue weighted by atomic mass is 10.3. The Morgan fingerprint density at radius 1 is 1.50 bits per heavy atom. The van der Waals surface area contributed by atoms with Crippen LogP contribution in [-0.4, -0.2) is 32.5 Å². The molecule has 0 bridgehead atoms. The van der Waals surface area contributed by atoms with Gasteiger partial charge in [0.2, 0.25) is 5.91 Å². The molecule has 1 fully saturated rings. The van der Waals surface area contributed by atoms with Gasteiger partial charge in [-0.15, -0.1) is 10.2 Å². The van der Waals surface area contributed by atoms with Crippen molar-refractivity contribution in [1.29, 1.82) is 0 Å². The second kappa shape index (κ2) is 8.26. The molecule has 1 aromatic heterocycles. The molecule has 6 nitrogen and oxygen atoms in total. The Morgan fingerprint density at radius 3 is 2.92 bits per heavy atom.